The van der Waals surface area contributed by atoms with E-state index >= 15 is 0 Å². The fourth-order valence-corrected chi connectivity index (χ4v) is 0. The maximum absolute atomic E-state index is 8.55. The van der Waals surface area contributed by atoms with Crippen molar-refractivity contribution in [2.75, 3.05) is 6.61 Å². The summed E-state index contributed by atoms with van der Waals surface area (Å²) in [5, 5.41) is 16.2. The van der Waals surface area contributed by atoms with Gasteiger partial charge in [-0.25, -0.2) is 0 Å². The van der Waals surface area contributed by atoms with Crippen LogP contribution in [0.4, 0.5) is 0 Å². The van der Waals surface area contributed by atoms with Gasteiger partial charge in [-0.2, -0.15) is 12.6 Å². The van der Waals surface area contributed by atoms with Gasteiger partial charge in [-0.3, -0.25) is 0 Å². The fraction of sp³-hybridized carbons (Fsp3) is 1.00. The smallest absolute Gasteiger partial charge is 0.0625 e. The van der Waals surface area contributed by atoms with Crippen molar-refractivity contribution >= 4 is 12.6 Å². The highest BCUT2D eigenvalue weighted by molar-refractivity contribution is 7.81. The lowest BCUT2D eigenvalue weighted by atomic mass is 10.3. The molecule has 0 saturated heterocycles. The van der Waals surface area contributed by atoms with Gasteiger partial charge < -0.3 is 10.2 Å². The summed E-state index contributed by atoms with van der Waals surface area (Å²) in [6.07, 6.45) is -0.284. The highest BCUT2D eigenvalue weighted by atomic mass is 32.1. The standard InChI is InChI=1S/C4H10OS.C2H6O/c1-3(5)4(2)6;1-2-3/h3-6H,1-2H3;3H,2H2,1H3. The Bertz CT molecular complexity index is 40.3. The molecule has 2 unspecified atom stereocenters. The molecule has 3 heteroatoms. The quantitative estimate of drug-likeness (QED) is 0.484. The van der Waals surface area contributed by atoms with Crippen LogP contribution in [0, 0.1) is 0 Å². The van der Waals surface area contributed by atoms with E-state index in [1.54, 1.807) is 13.8 Å². The molecule has 0 aliphatic rings. The van der Waals surface area contributed by atoms with Crippen LogP contribution >= 0.6 is 12.6 Å². The lowest BCUT2D eigenvalue weighted by Gasteiger charge is -2.03. The first-order chi connectivity index (χ1) is 4.06. The van der Waals surface area contributed by atoms with Gasteiger partial charge in [-0.15, -0.1) is 0 Å². The van der Waals surface area contributed by atoms with Crippen LogP contribution in [0.2, 0.25) is 0 Å². The highest BCUT2D eigenvalue weighted by Gasteiger charge is 1.98. The molecule has 0 aliphatic carbocycles. The van der Waals surface area contributed by atoms with Crippen LogP contribution in [0.15, 0.2) is 0 Å². The number of hydrogen-bond donors (Lipinski definition) is 3. The molecule has 0 aromatic rings. The zero-order chi connectivity index (χ0) is 7.86. The molecule has 2 atom stereocenters. The first-order valence-corrected chi connectivity index (χ1v) is 3.54. The van der Waals surface area contributed by atoms with Gasteiger partial charge in [-0.1, -0.05) is 6.92 Å². The largest absolute Gasteiger partial charge is 0.397 e. The summed E-state index contributed by atoms with van der Waals surface area (Å²) >= 11 is 3.94. The summed E-state index contributed by atoms with van der Waals surface area (Å²) in [4.78, 5) is 0. The van der Waals surface area contributed by atoms with E-state index in [1.165, 1.54) is 0 Å². The van der Waals surface area contributed by atoms with Crippen molar-refractivity contribution in [3.8, 4) is 0 Å². The van der Waals surface area contributed by atoms with E-state index in [-0.39, 0.29) is 18.0 Å². The van der Waals surface area contributed by atoms with Crippen LogP contribution in [0.3, 0.4) is 0 Å². The summed E-state index contributed by atoms with van der Waals surface area (Å²) in [6.45, 7) is 5.51. The van der Waals surface area contributed by atoms with Crippen molar-refractivity contribution in [3.63, 3.8) is 0 Å². The van der Waals surface area contributed by atoms with Gasteiger partial charge in [0.15, 0.2) is 0 Å². The first kappa shape index (κ1) is 12.0. The third-order valence-corrected chi connectivity index (χ3v) is 1.13. The molecule has 2 nitrogen and oxygen atoms in total. The summed E-state index contributed by atoms with van der Waals surface area (Å²) < 4.78 is 0. The third-order valence-electron chi connectivity index (χ3n) is 0.698. The van der Waals surface area contributed by atoms with Gasteiger partial charge in [0.25, 0.3) is 0 Å². The Kier molecular flexibility index (Phi) is 11.0. The topological polar surface area (TPSA) is 40.5 Å². The molecule has 0 fully saturated rings. The second kappa shape index (κ2) is 8.27. The zero-order valence-corrected chi connectivity index (χ0v) is 7.10. The predicted octanol–water partition coefficient (Wildman–Crippen LogP) is 0.684. The van der Waals surface area contributed by atoms with E-state index < -0.39 is 0 Å². The molecule has 9 heavy (non-hydrogen) atoms. The molecule has 0 heterocycles. The molecule has 58 valence electrons. The molecule has 0 rings (SSSR count). The van der Waals surface area contributed by atoms with Gasteiger partial charge in [-0.05, 0) is 13.8 Å². The van der Waals surface area contributed by atoms with Crippen LogP contribution in [0.25, 0.3) is 0 Å². The Balaban J connectivity index is 0. The molecule has 0 saturated carbocycles. The summed E-state index contributed by atoms with van der Waals surface area (Å²) in [7, 11) is 0. The average Bonchev–Trinajstić information content (AvgIpc) is 1.68. The molecule has 0 radical (unpaired) electrons. The average molecular weight is 152 g/mol. The monoisotopic (exact) mass is 152 g/mol. The zero-order valence-electron chi connectivity index (χ0n) is 6.20. The van der Waals surface area contributed by atoms with Gasteiger partial charge in [0.1, 0.15) is 0 Å². The second-order valence-electron chi connectivity index (χ2n) is 1.80. The second-order valence-corrected chi connectivity index (χ2v) is 2.61. The minimum atomic E-state index is -0.284. The van der Waals surface area contributed by atoms with Crippen LogP contribution in [-0.4, -0.2) is 28.2 Å². The molecule has 2 N–H and O–H groups in total. The highest BCUT2D eigenvalue weighted by Crippen LogP contribution is 1.96. The molecular weight excluding hydrogens is 136 g/mol. The Morgan fingerprint density at radius 3 is 1.56 bits per heavy atom. The summed E-state index contributed by atoms with van der Waals surface area (Å²) in [5.74, 6) is 0. The predicted molar refractivity (Wildman–Crippen MR) is 42.9 cm³/mol. The van der Waals surface area contributed by atoms with Crippen molar-refractivity contribution < 1.29 is 10.2 Å². The van der Waals surface area contributed by atoms with E-state index in [0.29, 0.717) is 0 Å². The van der Waals surface area contributed by atoms with Crippen LogP contribution in [-0.2, 0) is 0 Å². The Morgan fingerprint density at radius 1 is 1.44 bits per heavy atom. The van der Waals surface area contributed by atoms with Gasteiger partial charge in [0, 0.05) is 11.9 Å². The summed E-state index contributed by atoms with van der Waals surface area (Å²) in [6, 6.07) is 0. The number of aliphatic hydroxyl groups excluding tert-OH is 2. The number of rotatable bonds is 1. The van der Waals surface area contributed by atoms with Gasteiger partial charge in [0.05, 0.1) is 6.10 Å². The minimum Gasteiger partial charge on any atom is -0.397 e. The van der Waals surface area contributed by atoms with E-state index in [4.69, 9.17) is 10.2 Å². The first-order valence-electron chi connectivity index (χ1n) is 3.03. The molecule has 0 aromatic heterocycles. The van der Waals surface area contributed by atoms with Crippen molar-refractivity contribution in [2.24, 2.45) is 0 Å². The number of hydrogen-bond acceptors (Lipinski definition) is 3. The lowest BCUT2D eigenvalue weighted by molar-refractivity contribution is 0.197. The molecule has 0 bridgehead atoms. The van der Waals surface area contributed by atoms with Crippen molar-refractivity contribution in [2.45, 2.75) is 32.1 Å². The Labute approximate surface area is 62.3 Å². The summed E-state index contributed by atoms with van der Waals surface area (Å²) in [5.41, 5.74) is 0. The van der Waals surface area contributed by atoms with Gasteiger partial charge in [0.2, 0.25) is 0 Å². The van der Waals surface area contributed by atoms with Gasteiger partial charge >= 0.3 is 0 Å². The Hall–Kier alpha value is 0.270. The van der Waals surface area contributed by atoms with E-state index in [9.17, 15) is 0 Å². The maximum Gasteiger partial charge on any atom is 0.0625 e. The van der Waals surface area contributed by atoms with Crippen molar-refractivity contribution in [1.29, 1.82) is 0 Å². The minimum absolute atomic E-state index is 0.102. The molecule has 0 aliphatic heterocycles. The lowest BCUT2D eigenvalue weighted by Crippen LogP contribution is -2.11. The maximum atomic E-state index is 8.55. The number of aliphatic hydroxyl groups is 2. The molecule has 0 spiro atoms. The SMILES string of the molecule is CC(O)C(C)S.CCO. The van der Waals surface area contributed by atoms with E-state index in [1.807, 2.05) is 6.92 Å². The molecular formula is C6H16O2S. The number of thiol groups is 1. The van der Waals surface area contributed by atoms with Crippen molar-refractivity contribution in [3.05, 3.63) is 0 Å². The normalized spacial score (nSPS) is 15.3. The van der Waals surface area contributed by atoms with Crippen LogP contribution in [0.1, 0.15) is 20.8 Å². The third kappa shape index (κ3) is 17.8. The fourth-order valence-electron chi connectivity index (χ4n) is 0. The van der Waals surface area contributed by atoms with E-state index in [2.05, 4.69) is 12.6 Å². The van der Waals surface area contributed by atoms with Crippen molar-refractivity contribution in [1.82, 2.24) is 0 Å². The Morgan fingerprint density at radius 2 is 1.56 bits per heavy atom. The van der Waals surface area contributed by atoms with Crippen LogP contribution in [0.5, 0.6) is 0 Å². The van der Waals surface area contributed by atoms with E-state index in [0.717, 1.165) is 0 Å². The molecule has 0 aromatic carbocycles. The van der Waals surface area contributed by atoms with Crippen LogP contribution < -0.4 is 0 Å². The molecule has 0 amide bonds.